The van der Waals surface area contributed by atoms with Crippen molar-refractivity contribution in [2.45, 2.75) is 32.4 Å². The van der Waals surface area contributed by atoms with Gasteiger partial charge in [0.1, 0.15) is 0 Å². The molecule has 0 amide bonds. The topological polar surface area (TPSA) is 28.2 Å². The molecule has 0 aromatic carbocycles. The molecule has 0 unspecified atom stereocenters. The van der Waals surface area contributed by atoms with Crippen LogP contribution in [0, 0.1) is 0 Å². The highest BCUT2D eigenvalue weighted by molar-refractivity contribution is 7.15. The van der Waals surface area contributed by atoms with Crippen molar-refractivity contribution < 1.29 is 0 Å². The normalized spacial score (nSPS) is 15.9. The van der Waals surface area contributed by atoms with Gasteiger partial charge in [0.25, 0.3) is 0 Å². The van der Waals surface area contributed by atoms with Crippen molar-refractivity contribution in [2.24, 2.45) is 0 Å². The van der Waals surface area contributed by atoms with Crippen LogP contribution in [-0.4, -0.2) is 24.6 Å². The van der Waals surface area contributed by atoms with Gasteiger partial charge in [0.2, 0.25) is 0 Å². The van der Waals surface area contributed by atoms with Gasteiger partial charge in [-0.15, -0.1) is 11.3 Å². The van der Waals surface area contributed by atoms with Gasteiger partial charge in [-0.3, -0.25) is 0 Å². The predicted octanol–water partition coefficient (Wildman–Crippen LogP) is 1.85. The van der Waals surface area contributed by atoms with Gasteiger partial charge in [-0.25, -0.2) is 4.98 Å². The zero-order valence-corrected chi connectivity index (χ0v) is 9.60. The molecule has 1 aromatic rings. The van der Waals surface area contributed by atoms with Crippen LogP contribution in [0.25, 0.3) is 0 Å². The third-order valence-electron chi connectivity index (χ3n) is 2.48. The summed E-state index contributed by atoms with van der Waals surface area (Å²) in [6.45, 7) is 4.15. The van der Waals surface area contributed by atoms with Crippen LogP contribution in [0.1, 0.15) is 24.6 Å². The van der Waals surface area contributed by atoms with Crippen LogP contribution in [0.5, 0.6) is 0 Å². The number of thiazole rings is 1. The summed E-state index contributed by atoms with van der Waals surface area (Å²) in [7, 11) is 2.08. The zero-order valence-electron chi connectivity index (χ0n) is 8.79. The Bertz CT molecular complexity index is 293. The summed E-state index contributed by atoms with van der Waals surface area (Å²) in [4.78, 5) is 7.90. The summed E-state index contributed by atoms with van der Waals surface area (Å²) in [5.74, 6) is 0. The lowest BCUT2D eigenvalue weighted by Gasteiger charge is -2.11. The fraction of sp³-hybridized carbons (Fsp3) is 0.700. The molecule has 0 aliphatic heterocycles. The molecule has 1 N–H and O–H groups in total. The van der Waals surface area contributed by atoms with E-state index in [4.69, 9.17) is 0 Å². The maximum atomic E-state index is 4.39. The van der Waals surface area contributed by atoms with E-state index in [-0.39, 0.29) is 0 Å². The smallest absolute Gasteiger partial charge is 0.185 e. The van der Waals surface area contributed by atoms with Gasteiger partial charge in [0.05, 0.1) is 0 Å². The van der Waals surface area contributed by atoms with Crippen molar-refractivity contribution in [1.82, 2.24) is 10.3 Å². The Morgan fingerprint density at radius 1 is 1.64 bits per heavy atom. The van der Waals surface area contributed by atoms with Crippen LogP contribution >= 0.6 is 11.3 Å². The van der Waals surface area contributed by atoms with E-state index in [9.17, 15) is 0 Å². The van der Waals surface area contributed by atoms with E-state index in [1.807, 2.05) is 6.20 Å². The predicted molar refractivity (Wildman–Crippen MR) is 60.9 cm³/mol. The van der Waals surface area contributed by atoms with Crippen LogP contribution in [0.3, 0.4) is 0 Å². The standard InChI is InChI=1S/C10H17N3S/c1-3-13(2)10-12-7-9(14-10)6-11-8-4-5-8/h7-8,11H,3-6H2,1-2H3. The minimum atomic E-state index is 0.782. The van der Waals surface area contributed by atoms with Gasteiger partial charge in [0.15, 0.2) is 5.13 Å². The number of aromatic nitrogens is 1. The number of anilines is 1. The van der Waals surface area contributed by atoms with Crippen molar-refractivity contribution in [3.63, 3.8) is 0 Å². The Balaban J connectivity index is 1.87. The molecule has 0 spiro atoms. The molecule has 1 aliphatic carbocycles. The summed E-state index contributed by atoms with van der Waals surface area (Å²) >= 11 is 1.79. The number of hydrogen-bond donors (Lipinski definition) is 1. The summed E-state index contributed by atoms with van der Waals surface area (Å²) in [5, 5.41) is 4.62. The molecule has 0 radical (unpaired) electrons. The van der Waals surface area contributed by atoms with Crippen LogP contribution < -0.4 is 10.2 Å². The molecule has 0 saturated heterocycles. The highest BCUT2D eigenvalue weighted by Gasteiger charge is 2.20. The quantitative estimate of drug-likeness (QED) is 0.805. The second-order valence-electron chi connectivity index (χ2n) is 3.78. The second kappa shape index (κ2) is 4.28. The maximum absolute atomic E-state index is 4.39. The largest absolute Gasteiger partial charge is 0.351 e. The first-order valence-corrected chi connectivity index (χ1v) is 6.00. The van der Waals surface area contributed by atoms with Gasteiger partial charge in [0, 0.05) is 37.3 Å². The number of nitrogens with zero attached hydrogens (tertiary/aromatic N) is 2. The van der Waals surface area contributed by atoms with Crippen molar-refractivity contribution >= 4 is 16.5 Å². The summed E-state index contributed by atoms with van der Waals surface area (Å²) in [6, 6.07) is 0.782. The first-order valence-electron chi connectivity index (χ1n) is 5.19. The van der Waals surface area contributed by atoms with Gasteiger partial charge in [-0.05, 0) is 19.8 Å². The van der Waals surface area contributed by atoms with E-state index in [2.05, 4.69) is 29.2 Å². The van der Waals surface area contributed by atoms with Gasteiger partial charge < -0.3 is 10.2 Å². The van der Waals surface area contributed by atoms with Crippen molar-refractivity contribution in [1.29, 1.82) is 0 Å². The summed E-state index contributed by atoms with van der Waals surface area (Å²) in [5.41, 5.74) is 0. The minimum absolute atomic E-state index is 0.782. The van der Waals surface area contributed by atoms with E-state index >= 15 is 0 Å². The third-order valence-corrected chi connectivity index (χ3v) is 3.60. The summed E-state index contributed by atoms with van der Waals surface area (Å²) in [6.07, 6.45) is 4.68. The van der Waals surface area contributed by atoms with E-state index in [1.54, 1.807) is 11.3 Å². The van der Waals surface area contributed by atoms with Crippen LogP contribution in [0.15, 0.2) is 6.20 Å². The van der Waals surface area contributed by atoms with Crippen LogP contribution in [0.4, 0.5) is 5.13 Å². The molecule has 1 aliphatic rings. The van der Waals surface area contributed by atoms with Crippen molar-refractivity contribution in [3.05, 3.63) is 11.1 Å². The maximum Gasteiger partial charge on any atom is 0.185 e. The molecular formula is C10H17N3S. The molecule has 14 heavy (non-hydrogen) atoms. The SMILES string of the molecule is CCN(C)c1ncc(CNC2CC2)s1. The molecule has 1 aromatic heterocycles. The van der Waals surface area contributed by atoms with Gasteiger partial charge in [-0.2, -0.15) is 0 Å². The lowest BCUT2D eigenvalue weighted by atomic mass is 10.5. The monoisotopic (exact) mass is 211 g/mol. The van der Waals surface area contributed by atoms with E-state index in [1.165, 1.54) is 17.7 Å². The molecule has 0 bridgehead atoms. The van der Waals surface area contributed by atoms with E-state index in [0.29, 0.717) is 0 Å². The number of rotatable bonds is 5. The first-order chi connectivity index (χ1) is 6.79. The second-order valence-corrected chi connectivity index (χ2v) is 4.87. The Morgan fingerprint density at radius 3 is 3.07 bits per heavy atom. The van der Waals surface area contributed by atoms with Gasteiger partial charge in [-0.1, -0.05) is 0 Å². The van der Waals surface area contributed by atoms with Crippen LogP contribution in [0.2, 0.25) is 0 Å². The molecule has 2 rings (SSSR count). The molecule has 1 fully saturated rings. The Hall–Kier alpha value is -0.610. The number of hydrogen-bond acceptors (Lipinski definition) is 4. The number of nitrogens with one attached hydrogen (secondary N) is 1. The molecule has 1 saturated carbocycles. The highest BCUT2D eigenvalue weighted by atomic mass is 32.1. The molecular weight excluding hydrogens is 194 g/mol. The van der Waals surface area contributed by atoms with E-state index in [0.717, 1.165) is 24.3 Å². The first kappa shape index (κ1) is 9.93. The fourth-order valence-electron chi connectivity index (χ4n) is 1.22. The Morgan fingerprint density at radius 2 is 2.43 bits per heavy atom. The summed E-state index contributed by atoms with van der Waals surface area (Å²) < 4.78 is 0. The van der Waals surface area contributed by atoms with E-state index < -0.39 is 0 Å². The van der Waals surface area contributed by atoms with Crippen LogP contribution in [-0.2, 0) is 6.54 Å². The van der Waals surface area contributed by atoms with Gasteiger partial charge >= 0.3 is 0 Å². The molecule has 0 atom stereocenters. The van der Waals surface area contributed by atoms with Crippen molar-refractivity contribution in [2.75, 3.05) is 18.5 Å². The highest BCUT2D eigenvalue weighted by Crippen LogP contribution is 2.23. The Kier molecular flexibility index (Phi) is 3.03. The third kappa shape index (κ3) is 2.45. The fourth-order valence-corrected chi connectivity index (χ4v) is 2.11. The Labute approximate surface area is 89.1 Å². The molecule has 78 valence electrons. The zero-order chi connectivity index (χ0) is 9.97. The molecule has 3 nitrogen and oxygen atoms in total. The molecule has 1 heterocycles. The average molecular weight is 211 g/mol. The molecule has 4 heteroatoms. The lowest BCUT2D eigenvalue weighted by Crippen LogP contribution is -2.15. The van der Waals surface area contributed by atoms with Crippen molar-refractivity contribution in [3.8, 4) is 0 Å². The lowest BCUT2D eigenvalue weighted by molar-refractivity contribution is 0.694. The minimum Gasteiger partial charge on any atom is -0.351 e. The average Bonchev–Trinajstić information content (AvgIpc) is 2.92.